The highest BCUT2D eigenvalue weighted by Gasteiger charge is 2.09. The number of rotatable bonds is 5. The van der Waals surface area contributed by atoms with Crippen LogP contribution in [0.25, 0.3) is 0 Å². The van der Waals surface area contributed by atoms with Crippen molar-refractivity contribution in [2.24, 2.45) is 0 Å². The van der Waals surface area contributed by atoms with E-state index >= 15 is 0 Å². The first-order valence-electron chi connectivity index (χ1n) is 6.25. The second kappa shape index (κ2) is 6.34. The van der Waals surface area contributed by atoms with Crippen molar-refractivity contribution in [3.8, 4) is 0 Å². The van der Waals surface area contributed by atoms with E-state index in [0.717, 1.165) is 12.1 Å². The molecule has 0 amide bonds. The van der Waals surface area contributed by atoms with Crippen molar-refractivity contribution in [3.63, 3.8) is 0 Å². The van der Waals surface area contributed by atoms with E-state index in [0.29, 0.717) is 0 Å². The van der Waals surface area contributed by atoms with Crippen LogP contribution >= 0.6 is 0 Å². The van der Waals surface area contributed by atoms with Gasteiger partial charge < -0.3 is 10.4 Å². The quantitative estimate of drug-likeness (QED) is 0.843. The lowest BCUT2D eigenvalue weighted by molar-refractivity contribution is 0.243. The SMILES string of the molecule is Cc1ccccc1CN[C@@H](CO)c1ccccc1. The zero-order chi connectivity index (χ0) is 12.8. The van der Waals surface area contributed by atoms with E-state index in [9.17, 15) is 5.11 Å². The molecule has 2 N–H and O–H groups in total. The summed E-state index contributed by atoms with van der Waals surface area (Å²) in [5.41, 5.74) is 3.66. The number of aliphatic hydroxyl groups excluding tert-OH is 1. The molecule has 2 nitrogen and oxygen atoms in total. The summed E-state index contributed by atoms with van der Waals surface area (Å²) in [4.78, 5) is 0. The maximum Gasteiger partial charge on any atom is 0.0626 e. The molecule has 0 heterocycles. The van der Waals surface area contributed by atoms with Crippen molar-refractivity contribution < 1.29 is 5.11 Å². The molecule has 2 heteroatoms. The Bertz CT molecular complexity index is 481. The summed E-state index contributed by atoms with van der Waals surface area (Å²) in [6, 6.07) is 18.3. The van der Waals surface area contributed by atoms with Crippen LogP contribution in [-0.4, -0.2) is 11.7 Å². The van der Waals surface area contributed by atoms with E-state index in [1.807, 2.05) is 42.5 Å². The van der Waals surface area contributed by atoms with Gasteiger partial charge in [-0.3, -0.25) is 0 Å². The third-order valence-corrected chi connectivity index (χ3v) is 3.18. The number of nitrogens with one attached hydrogen (secondary N) is 1. The minimum absolute atomic E-state index is 0.00851. The van der Waals surface area contributed by atoms with Crippen LogP contribution in [-0.2, 0) is 6.54 Å². The lowest BCUT2D eigenvalue weighted by Crippen LogP contribution is -2.24. The van der Waals surface area contributed by atoms with Crippen LogP contribution in [0.15, 0.2) is 54.6 Å². The fraction of sp³-hybridized carbons (Fsp3) is 0.250. The van der Waals surface area contributed by atoms with Gasteiger partial charge in [0, 0.05) is 6.54 Å². The average molecular weight is 241 g/mol. The van der Waals surface area contributed by atoms with E-state index < -0.39 is 0 Å². The molecule has 2 aromatic rings. The molecule has 0 aliphatic carbocycles. The Morgan fingerprint density at radius 1 is 1.00 bits per heavy atom. The maximum absolute atomic E-state index is 9.46. The van der Waals surface area contributed by atoms with Gasteiger partial charge in [0.05, 0.1) is 12.6 Å². The summed E-state index contributed by atoms with van der Waals surface area (Å²) in [6.07, 6.45) is 0. The summed E-state index contributed by atoms with van der Waals surface area (Å²) in [5.74, 6) is 0. The second-order valence-electron chi connectivity index (χ2n) is 4.45. The average Bonchev–Trinajstić information content (AvgIpc) is 2.42. The van der Waals surface area contributed by atoms with Crippen LogP contribution in [0, 0.1) is 6.92 Å². The van der Waals surface area contributed by atoms with Crippen molar-refractivity contribution in [1.29, 1.82) is 0 Å². The molecule has 1 atom stereocenters. The van der Waals surface area contributed by atoms with E-state index in [1.54, 1.807) is 0 Å². The van der Waals surface area contributed by atoms with E-state index in [4.69, 9.17) is 0 Å². The van der Waals surface area contributed by atoms with Gasteiger partial charge in [-0.2, -0.15) is 0 Å². The molecule has 0 saturated heterocycles. The Hall–Kier alpha value is -1.64. The number of hydrogen-bond donors (Lipinski definition) is 2. The van der Waals surface area contributed by atoms with Gasteiger partial charge in [-0.25, -0.2) is 0 Å². The first-order chi connectivity index (χ1) is 8.81. The van der Waals surface area contributed by atoms with Gasteiger partial charge in [-0.15, -0.1) is 0 Å². The molecular formula is C16H19NO. The fourth-order valence-electron chi connectivity index (χ4n) is 2.01. The summed E-state index contributed by atoms with van der Waals surface area (Å²) in [7, 11) is 0. The zero-order valence-corrected chi connectivity index (χ0v) is 10.6. The third-order valence-electron chi connectivity index (χ3n) is 3.18. The van der Waals surface area contributed by atoms with Gasteiger partial charge in [0.1, 0.15) is 0 Å². The number of aliphatic hydroxyl groups is 1. The molecule has 0 saturated carbocycles. The molecule has 0 unspecified atom stereocenters. The van der Waals surface area contributed by atoms with Gasteiger partial charge in [-0.1, -0.05) is 54.6 Å². The molecule has 0 spiro atoms. The maximum atomic E-state index is 9.46. The minimum Gasteiger partial charge on any atom is -0.394 e. The van der Waals surface area contributed by atoms with Crippen LogP contribution in [0.4, 0.5) is 0 Å². The Morgan fingerprint density at radius 3 is 2.33 bits per heavy atom. The molecule has 2 aromatic carbocycles. The standard InChI is InChI=1S/C16H19NO/c1-13-7-5-6-10-15(13)11-17-16(12-18)14-8-3-2-4-9-14/h2-10,16-18H,11-12H2,1H3/t16-/m0/s1. The minimum atomic E-state index is -0.00851. The Labute approximate surface area is 108 Å². The molecule has 0 fully saturated rings. The molecule has 0 aliphatic heterocycles. The third kappa shape index (κ3) is 3.19. The lowest BCUT2D eigenvalue weighted by Gasteiger charge is -2.17. The van der Waals surface area contributed by atoms with Crippen molar-refractivity contribution in [2.45, 2.75) is 19.5 Å². The van der Waals surface area contributed by atoms with Crippen LogP contribution < -0.4 is 5.32 Å². The van der Waals surface area contributed by atoms with Crippen molar-refractivity contribution >= 4 is 0 Å². The summed E-state index contributed by atoms with van der Waals surface area (Å²) in [6.45, 7) is 2.98. The molecule has 0 radical (unpaired) electrons. The highest BCUT2D eigenvalue weighted by Crippen LogP contribution is 2.14. The van der Waals surface area contributed by atoms with Gasteiger partial charge >= 0.3 is 0 Å². The predicted molar refractivity (Wildman–Crippen MR) is 74.3 cm³/mol. The predicted octanol–water partition coefficient (Wildman–Crippen LogP) is 2.82. The number of hydrogen-bond acceptors (Lipinski definition) is 2. The van der Waals surface area contributed by atoms with Crippen LogP contribution in [0.3, 0.4) is 0 Å². The first-order valence-corrected chi connectivity index (χ1v) is 6.25. The van der Waals surface area contributed by atoms with E-state index in [1.165, 1.54) is 11.1 Å². The molecule has 2 rings (SSSR count). The normalized spacial score (nSPS) is 12.3. The number of aryl methyl sites for hydroxylation is 1. The smallest absolute Gasteiger partial charge is 0.0626 e. The van der Waals surface area contributed by atoms with Crippen LogP contribution in [0.5, 0.6) is 0 Å². The second-order valence-corrected chi connectivity index (χ2v) is 4.45. The van der Waals surface area contributed by atoms with Gasteiger partial charge in [0.25, 0.3) is 0 Å². The van der Waals surface area contributed by atoms with Crippen LogP contribution in [0.1, 0.15) is 22.7 Å². The number of benzene rings is 2. The molecule has 18 heavy (non-hydrogen) atoms. The van der Waals surface area contributed by atoms with Crippen molar-refractivity contribution in [3.05, 3.63) is 71.3 Å². The molecule has 0 aromatic heterocycles. The summed E-state index contributed by atoms with van der Waals surface area (Å²) < 4.78 is 0. The van der Waals surface area contributed by atoms with E-state index in [2.05, 4.69) is 24.4 Å². The summed E-state index contributed by atoms with van der Waals surface area (Å²) >= 11 is 0. The largest absolute Gasteiger partial charge is 0.394 e. The van der Waals surface area contributed by atoms with Crippen molar-refractivity contribution in [2.75, 3.05) is 6.61 Å². The van der Waals surface area contributed by atoms with Crippen molar-refractivity contribution in [1.82, 2.24) is 5.32 Å². The zero-order valence-electron chi connectivity index (χ0n) is 10.6. The highest BCUT2D eigenvalue weighted by atomic mass is 16.3. The molecular weight excluding hydrogens is 222 g/mol. The Morgan fingerprint density at radius 2 is 1.67 bits per heavy atom. The monoisotopic (exact) mass is 241 g/mol. The molecule has 0 aliphatic rings. The molecule has 0 bridgehead atoms. The lowest BCUT2D eigenvalue weighted by atomic mass is 10.1. The van der Waals surface area contributed by atoms with Gasteiger partial charge in [0.15, 0.2) is 0 Å². The fourth-order valence-corrected chi connectivity index (χ4v) is 2.01. The van der Waals surface area contributed by atoms with Crippen LogP contribution in [0.2, 0.25) is 0 Å². The molecule has 94 valence electrons. The Kier molecular flexibility index (Phi) is 4.51. The Balaban J connectivity index is 2.02. The first kappa shape index (κ1) is 12.8. The van der Waals surface area contributed by atoms with E-state index in [-0.39, 0.29) is 12.6 Å². The summed E-state index contributed by atoms with van der Waals surface area (Å²) in [5, 5.41) is 12.9. The van der Waals surface area contributed by atoms with Gasteiger partial charge in [-0.05, 0) is 23.6 Å². The van der Waals surface area contributed by atoms with Gasteiger partial charge in [0.2, 0.25) is 0 Å². The highest BCUT2D eigenvalue weighted by molar-refractivity contribution is 5.26. The topological polar surface area (TPSA) is 32.3 Å².